The summed E-state index contributed by atoms with van der Waals surface area (Å²) in [7, 11) is 0. The van der Waals surface area contributed by atoms with Crippen LogP contribution in [-0.2, 0) is 4.79 Å². The number of nitrogens with one attached hydrogen (secondary N) is 2. The molecule has 1 aliphatic carbocycles. The van der Waals surface area contributed by atoms with Crippen molar-refractivity contribution in [2.24, 2.45) is 10.8 Å². The third-order valence-corrected chi connectivity index (χ3v) is 5.57. The number of nitrogens with zero attached hydrogens (tertiary/aromatic N) is 4. The summed E-state index contributed by atoms with van der Waals surface area (Å²) in [5, 5.41) is 3.22. The van der Waals surface area contributed by atoms with Crippen LogP contribution in [0.5, 0.6) is 0 Å². The lowest BCUT2D eigenvalue weighted by atomic mass is 9.65. The van der Waals surface area contributed by atoms with Gasteiger partial charge in [-0.15, -0.1) is 0 Å². The molecule has 25 heavy (non-hydrogen) atoms. The Balaban J connectivity index is 1.49. The Morgan fingerprint density at radius 3 is 3.00 bits per heavy atom. The summed E-state index contributed by atoms with van der Waals surface area (Å²) in [6.45, 7) is 7.95. The van der Waals surface area contributed by atoms with Crippen LogP contribution >= 0.6 is 11.6 Å². The number of carbonyl (C=O) groups excluding carboxylic acids is 1. The SMILES string of the molecule is CC1(C)CC2CC(C)(CN2C(=O)CNc2nc(Cl)nc3nc[nH]c23)C1. The number of hydrogen-bond acceptors (Lipinski definition) is 5. The Morgan fingerprint density at radius 2 is 2.20 bits per heavy atom. The fraction of sp³-hybridized carbons (Fsp3) is 0.647. The second-order valence-electron chi connectivity index (χ2n) is 8.53. The van der Waals surface area contributed by atoms with Crippen molar-refractivity contribution in [2.45, 2.75) is 46.1 Å². The number of halogens is 1. The molecule has 1 saturated carbocycles. The molecule has 2 atom stereocenters. The van der Waals surface area contributed by atoms with E-state index >= 15 is 0 Å². The van der Waals surface area contributed by atoms with E-state index in [-0.39, 0.29) is 23.2 Å². The molecule has 2 bridgehead atoms. The molecule has 1 saturated heterocycles. The van der Waals surface area contributed by atoms with Crippen LogP contribution in [0.3, 0.4) is 0 Å². The van der Waals surface area contributed by atoms with E-state index in [0.717, 1.165) is 19.4 Å². The molecule has 0 radical (unpaired) electrons. The highest BCUT2D eigenvalue weighted by Crippen LogP contribution is 2.52. The highest BCUT2D eigenvalue weighted by molar-refractivity contribution is 6.28. The summed E-state index contributed by atoms with van der Waals surface area (Å²) in [4.78, 5) is 30.2. The summed E-state index contributed by atoms with van der Waals surface area (Å²) < 4.78 is 0. The lowest BCUT2D eigenvalue weighted by Crippen LogP contribution is -2.40. The average Bonchev–Trinajstić information content (AvgIpc) is 3.05. The van der Waals surface area contributed by atoms with Gasteiger partial charge in [0.2, 0.25) is 11.2 Å². The van der Waals surface area contributed by atoms with Gasteiger partial charge in [-0.25, -0.2) is 4.98 Å². The van der Waals surface area contributed by atoms with Gasteiger partial charge in [0.05, 0.1) is 12.9 Å². The normalized spacial score (nSPS) is 27.7. The maximum atomic E-state index is 12.8. The number of hydrogen-bond donors (Lipinski definition) is 2. The number of carbonyl (C=O) groups is 1. The monoisotopic (exact) mass is 362 g/mol. The number of imidazole rings is 1. The van der Waals surface area contributed by atoms with Gasteiger partial charge in [0, 0.05) is 12.6 Å². The van der Waals surface area contributed by atoms with Gasteiger partial charge in [-0.2, -0.15) is 9.97 Å². The molecule has 1 aliphatic heterocycles. The van der Waals surface area contributed by atoms with E-state index in [1.54, 1.807) is 0 Å². The van der Waals surface area contributed by atoms with Gasteiger partial charge in [0.15, 0.2) is 11.5 Å². The Bertz CT molecular complexity index is 834. The number of aromatic amines is 1. The van der Waals surface area contributed by atoms with Crippen LogP contribution in [0.2, 0.25) is 5.28 Å². The fourth-order valence-corrected chi connectivity index (χ4v) is 5.11. The molecular formula is C17H23ClN6O. The van der Waals surface area contributed by atoms with Crippen LogP contribution in [0.4, 0.5) is 5.82 Å². The molecule has 2 aromatic heterocycles. The lowest BCUT2D eigenvalue weighted by molar-refractivity contribution is -0.130. The molecule has 8 heteroatoms. The minimum absolute atomic E-state index is 0.105. The molecule has 4 rings (SSSR count). The standard InChI is InChI=1S/C17H23ClN6O/c1-16(2)4-10-5-17(3,7-16)8-24(10)11(25)6-19-13-12-14(21-9-20-12)23-15(18)22-13/h9-10H,4-8H2,1-3H3,(H2,19,20,21,22,23). The molecule has 1 amide bonds. The molecule has 2 fully saturated rings. The minimum Gasteiger partial charge on any atom is -0.359 e. The molecule has 7 nitrogen and oxygen atoms in total. The topological polar surface area (TPSA) is 86.8 Å². The van der Waals surface area contributed by atoms with Gasteiger partial charge in [0.25, 0.3) is 0 Å². The van der Waals surface area contributed by atoms with Crippen molar-refractivity contribution in [2.75, 3.05) is 18.4 Å². The van der Waals surface area contributed by atoms with Crippen molar-refractivity contribution in [1.82, 2.24) is 24.8 Å². The van der Waals surface area contributed by atoms with Crippen molar-refractivity contribution >= 4 is 34.5 Å². The third kappa shape index (κ3) is 3.05. The van der Waals surface area contributed by atoms with Crippen molar-refractivity contribution in [3.63, 3.8) is 0 Å². The molecule has 0 aromatic carbocycles. The van der Waals surface area contributed by atoms with Crippen molar-refractivity contribution < 1.29 is 4.79 Å². The fourth-order valence-electron chi connectivity index (χ4n) is 4.95. The van der Waals surface area contributed by atoms with Crippen LogP contribution < -0.4 is 5.32 Å². The maximum Gasteiger partial charge on any atom is 0.242 e. The molecule has 134 valence electrons. The highest BCUT2D eigenvalue weighted by atomic mass is 35.5. The number of aromatic nitrogens is 4. The van der Waals surface area contributed by atoms with Crippen molar-refractivity contribution in [3.8, 4) is 0 Å². The first-order valence-electron chi connectivity index (χ1n) is 8.65. The smallest absolute Gasteiger partial charge is 0.242 e. The van der Waals surface area contributed by atoms with Gasteiger partial charge in [-0.3, -0.25) is 4.79 Å². The first-order valence-corrected chi connectivity index (χ1v) is 9.03. The first-order chi connectivity index (χ1) is 11.7. The van der Waals surface area contributed by atoms with Gasteiger partial charge < -0.3 is 15.2 Å². The third-order valence-electron chi connectivity index (χ3n) is 5.40. The Morgan fingerprint density at radius 1 is 1.40 bits per heavy atom. The number of H-pyrrole nitrogens is 1. The molecule has 3 heterocycles. The summed E-state index contributed by atoms with van der Waals surface area (Å²) in [5.41, 5.74) is 1.67. The van der Waals surface area contributed by atoms with Gasteiger partial charge in [0.1, 0.15) is 5.52 Å². The zero-order valence-electron chi connectivity index (χ0n) is 14.8. The molecule has 2 aliphatic rings. The molecular weight excluding hydrogens is 340 g/mol. The van der Waals surface area contributed by atoms with E-state index < -0.39 is 0 Å². The number of anilines is 1. The Hall–Kier alpha value is -1.89. The van der Waals surface area contributed by atoms with Crippen molar-refractivity contribution in [1.29, 1.82) is 0 Å². The van der Waals surface area contributed by atoms with E-state index in [0.29, 0.717) is 28.4 Å². The van der Waals surface area contributed by atoms with E-state index in [9.17, 15) is 4.79 Å². The van der Waals surface area contributed by atoms with Crippen LogP contribution in [0.1, 0.15) is 40.0 Å². The zero-order valence-corrected chi connectivity index (χ0v) is 15.5. The lowest BCUT2D eigenvalue weighted by Gasteiger charge is -2.39. The van der Waals surface area contributed by atoms with Crippen LogP contribution in [0.25, 0.3) is 11.2 Å². The van der Waals surface area contributed by atoms with Crippen molar-refractivity contribution in [3.05, 3.63) is 11.6 Å². The zero-order chi connectivity index (χ0) is 17.8. The molecule has 0 spiro atoms. The number of fused-ring (bicyclic) bond motifs is 3. The van der Waals surface area contributed by atoms with E-state index in [1.807, 2.05) is 0 Å². The number of rotatable bonds is 3. The largest absolute Gasteiger partial charge is 0.359 e. The quantitative estimate of drug-likeness (QED) is 0.820. The van der Waals surface area contributed by atoms with Crippen LogP contribution in [0, 0.1) is 10.8 Å². The highest BCUT2D eigenvalue weighted by Gasteiger charge is 2.50. The van der Waals surface area contributed by atoms with E-state index in [1.165, 1.54) is 12.7 Å². The number of amides is 1. The maximum absolute atomic E-state index is 12.8. The van der Waals surface area contributed by atoms with Gasteiger partial charge in [-0.05, 0) is 41.7 Å². The van der Waals surface area contributed by atoms with Gasteiger partial charge in [-0.1, -0.05) is 20.8 Å². The summed E-state index contributed by atoms with van der Waals surface area (Å²) in [6, 6.07) is 0.337. The Labute approximate surface area is 151 Å². The summed E-state index contributed by atoms with van der Waals surface area (Å²) >= 11 is 5.93. The predicted molar refractivity (Wildman–Crippen MR) is 96.4 cm³/mol. The van der Waals surface area contributed by atoms with Gasteiger partial charge >= 0.3 is 0 Å². The van der Waals surface area contributed by atoms with E-state index in [4.69, 9.17) is 11.6 Å². The minimum atomic E-state index is 0.105. The summed E-state index contributed by atoms with van der Waals surface area (Å²) in [6.07, 6.45) is 4.88. The van der Waals surface area contributed by atoms with E-state index in [2.05, 4.69) is 50.9 Å². The second-order valence-corrected chi connectivity index (χ2v) is 8.87. The van der Waals surface area contributed by atoms with Crippen LogP contribution in [0.15, 0.2) is 6.33 Å². The summed E-state index contributed by atoms with van der Waals surface area (Å²) in [5.74, 6) is 0.614. The molecule has 2 N–H and O–H groups in total. The molecule has 2 aromatic rings. The van der Waals surface area contributed by atoms with Crippen LogP contribution in [-0.4, -0.2) is 49.9 Å². The molecule has 2 unspecified atom stereocenters. The Kier molecular flexibility index (Phi) is 3.68. The second kappa shape index (κ2) is 5.56. The number of likely N-dealkylation sites (tertiary alicyclic amines) is 1. The predicted octanol–water partition coefficient (Wildman–Crippen LogP) is 2.85. The average molecular weight is 363 g/mol. The first kappa shape index (κ1) is 16.6.